The first kappa shape index (κ1) is 13.6. The molecule has 17 heavy (non-hydrogen) atoms. The molecule has 1 aliphatic carbocycles. The van der Waals surface area contributed by atoms with Crippen LogP contribution in [0.15, 0.2) is 66.5 Å². The van der Waals surface area contributed by atoms with Gasteiger partial charge in [0.15, 0.2) is 0 Å². The Hall–Kier alpha value is -1.46. The molecule has 0 N–H and O–H groups in total. The van der Waals surface area contributed by atoms with Gasteiger partial charge in [0.2, 0.25) is 0 Å². The maximum absolute atomic E-state index is 6.05. The lowest BCUT2D eigenvalue weighted by atomic mass is 9.70. The second-order valence-corrected chi connectivity index (χ2v) is 5.33. The van der Waals surface area contributed by atoms with Gasteiger partial charge < -0.3 is 0 Å². The summed E-state index contributed by atoms with van der Waals surface area (Å²) in [5.41, 5.74) is 4.80. The third-order valence-corrected chi connectivity index (χ3v) is 2.64. The minimum absolute atomic E-state index is 0.0897. The average molecular weight is 222 g/mol. The van der Waals surface area contributed by atoms with Crippen molar-refractivity contribution >= 4 is 7.85 Å². The van der Waals surface area contributed by atoms with Crippen molar-refractivity contribution in [2.75, 3.05) is 0 Å². The summed E-state index contributed by atoms with van der Waals surface area (Å²) in [4.78, 5) is 0. The first-order chi connectivity index (χ1) is 7.76. The maximum Gasteiger partial charge on any atom is 0.0854 e. The third kappa shape index (κ3) is 4.13. The summed E-state index contributed by atoms with van der Waals surface area (Å²) in [5.74, 6) is 0. The lowest BCUT2D eigenvalue weighted by Gasteiger charge is -2.16. The van der Waals surface area contributed by atoms with E-state index in [1.54, 1.807) is 0 Å². The summed E-state index contributed by atoms with van der Waals surface area (Å²) >= 11 is 0. The number of hydrogen-bond acceptors (Lipinski definition) is 0. The van der Waals surface area contributed by atoms with Crippen LogP contribution in [0.25, 0.3) is 0 Å². The Kier molecular flexibility index (Phi) is 3.85. The molecule has 0 nitrogen and oxygen atoms in total. The minimum Gasteiger partial charge on any atom is -0.132 e. The normalized spacial score (nSPS) is 26.8. The van der Waals surface area contributed by atoms with Gasteiger partial charge in [-0.15, -0.1) is 5.73 Å². The Balaban J connectivity index is 3.15. The van der Waals surface area contributed by atoms with E-state index in [1.165, 1.54) is 0 Å². The highest BCUT2D eigenvalue weighted by Gasteiger charge is 2.15. The van der Waals surface area contributed by atoms with Crippen molar-refractivity contribution in [3.8, 4) is 0 Å². The summed E-state index contributed by atoms with van der Waals surface area (Å²) in [6.45, 7) is 13.8. The van der Waals surface area contributed by atoms with Crippen molar-refractivity contribution in [2.24, 2.45) is 5.41 Å². The van der Waals surface area contributed by atoms with Gasteiger partial charge in [0.1, 0.15) is 0 Å². The van der Waals surface area contributed by atoms with Crippen LogP contribution in [0.5, 0.6) is 0 Å². The van der Waals surface area contributed by atoms with Crippen molar-refractivity contribution in [2.45, 2.75) is 26.1 Å². The van der Waals surface area contributed by atoms with Crippen LogP contribution in [0.2, 0.25) is 5.31 Å². The molecule has 0 amide bonds. The second kappa shape index (κ2) is 4.81. The largest absolute Gasteiger partial charge is 0.132 e. The van der Waals surface area contributed by atoms with Crippen LogP contribution in [-0.2, 0) is 0 Å². The first-order valence-electron chi connectivity index (χ1n) is 5.72. The van der Waals surface area contributed by atoms with E-state index in [0.717, 1.165) is 11.1 Å². The summed E-state index contributed by atoms with van der Waals surface area (Å²) in [7, 11) is 6.05. The van der Waals surface area contributed by atoms with Crippen LogP contribution in [0.3, 0.4) is 0 Å². The van der Waals surface area contributed by atoms with Crippen LogP contribution >= 0.6 is 0 Å². The predicted molar refractivity (Wildman–Crippen MR) is 77.1 cm³/mol. The van der Waals surface area contributed by atoms with Gasteiger partial charge in [0, 0.05) is 5.41 Å². The second-order valence-electron chi connectivity index (χ2n) is 5.33. The van der Waals surface area contributed by atoms with Gasteiger partial charge in [-0.1, -0.05) is 64.3 Å². The zero-order valence-corrected chi connectivity index (χ0v) is 11.0. The fourth-order valence-electron chi connectivity index (χ4n) is 1.65. The van der Waals surface area contributed by atoms with Gasteiger partial charge >= 0.3 is 0 Å². The van der Waals surface area contributed by atoms with Gasteiger partial charge in [0.25, 0.3) is 0 Å². The molecule has 0 aromatic rings. The Labute approximate surface area is 106 Å². The lowest BCUT2D eigenvalue weighted by molar-refractivity contribution is 0.624. The number of rotatable bonds is 2. The molecule has 0 saturated carbocycles. The van der Waals surface area contributed by atoms with Crippen molar-refractivity contribution in [1.82, 2.24) is 0 Å². The number of hydrogen-bond donors (Lipinski definition) is 0. The monoisotopic (exact) mass is 222 g/mol. The molecule has 1 atom stereocenters. The smallest absolute Gasteiger partial charge is 0.0854 e. The fourth-order valence-corrected chi connectivity index (χ4v) is 1.65. The van der Waals surface area contributed by atoms with Gasteiger partial charge in [-0.3, -0.25) is 0 Å². The van der Waals surface area contributed by atoms with E-state index in [-0.39, 0.29) is 5.41 Å². The van der Waals surface area contributed by atoms with Gasteiger partial charge in [-0.2, -0.15) is 0 Å². The molecule has 0 spiro atoms. The molecule has 0 aliphatic heterocycles. The molecule has 1 unspecified atom stereocenters. The zero-order chi connectivity index (χ0) is 13.1. The molecule has 1 aliphatic rings. The van der Waals surface area contributed by atoms with E-state index < -0.39 is 5.31 Å². The molecular weight excluding hydrogens is 203 g/mol. The third-order valence-electron chi connectivity index (χ3n) is 2.64. The van der Waals surface area contributed by atoms with E-state index in [1.807, 2.05) is 37.3 Å². The predicted octanol–water partition coefficient (Wildman–Crippen LogP) is 4.31. The Morgan fingerprint density at radius 2 is 1.94 bits per heavy atom. The van der Waals surface area contributed by atoms with Crippen molar-refractivity contribution in [3.05, 3.63) is 66.5 Å². The van der Waals surface area contributed by atoms with E-state index in [0.29, 0.717) is 0 Å². The molecule has 86 valence electrons. The maximum atomic E-state index is 6.05. The summed E-state index contributed by atoms with van der Waals surface area (Å²) in [5, 5.41) is -0.406. The molecule has 1 heteroatoms. The molecule has 0 fully saturated rings. The molecule has 2 radical (unpaired) electrons. The Bertz CT molecular complexity index is 450. The highest BCUT2D eigenvalue weighted by molar-refractivity contribution is 6.18. The van der Waals surface area contributed by atoms with Crippen LogP contribution in [-0.4, -0.2) is 7.85 Å². The van der Waals surface area contributed by atoms with Crippen LogP contribution in [0.4, 0.5) is 0 Å². The van der Waals surface area contributed by atoms with Crippen LogP contribution in [0, 0.1) is 5.41 Å². The molecular formula is C16H19B. The molecule has 0 aromatic carbocycles. The van der Waals surface area contributed by atoms with Crippen molar-refractivity contribution in [3.63, 3.8) is 0 Å². The lowest BCUT2D eigenvalue weighted by Crippen LogP contribution is -2.03. The first-order valence-corrected chi connectivity index (χ1v) is 5.72. The van der Waals surface area contributed by atoms with Gasteiger partial charge in [-0.05, 0) is 22.5 Å². The quantitative estimate of drug-likeness (QED) is 0.482. The number of allylic oxidation sites excluding steroid dienone is 8. The van der Waals surface area contributed by atoms with Crippen molar-refractivity contribution in [1.29, 1.82) is 0 Å². The van der Waals surface area contributed by atoms with Crippen molar-refractivity contribution < 1.29 is 0 Å². The molecule has 0 aromatic heterocycles. The van der Waals surface area contributed by atoms with E-state index in [9.17, 15) is 0 Å². The molecule has 1 rings (SSSR count). The molecule has 0 saturated heterocycles. The van der Waals surface area contributed by atoms with E-state index in [2.05, 4.69) is 38.8 Å². The molecule has 0 heterocycles. The average Bonchev–Trinajstić information content (AvgIpc) is 2.31. The van der Waals surface area contributed by atoms with Gasteiger partial charge in [-0.25, -0.2) is 0 Å². The van der Waals surface area contributed by atoms with Crippen LogP contribution in [0.1, 0.15) is 20.8 Å². The van der Waals surface area contributed by atoms with Gasteiger partial charge in [0.05, 0.1) is 7.85 Å². The zero-order valence-electron chi connectivity index (χ0n) is 11.0. The van der Waals surface area contributed by atoms with E-state index in [4.69, 9.17) is 7.85 Å². The highest BCUT2D eigenvalue weighted by atomic mass is 14.2. The standard InChI is InChI=1S/C16H19B/c1-6-9-15(3,4)12-14-8-11-16(5,17)10-7-13(14)2/h7-12H,1-2H2,3-5H3/b14-12-. The molecule has 0 bridgehead atoms. The fraction of sp³-hybridized carbons (Fsp3) is 0.312. The SMILES string of the molecule is [B]C1(C)C=CC(=C)/C(=C\C(C)(C)C=C=C)C=C1. The van der Waals surface area contributed by atoms with E-state index >= 15 is 0 Å². The highest BCUT2D eigenvalue weighted by Crippen LogP contribution is 2.32. The minimum atomic E-state index is -0.406. The topological polar surface area (TPSA) is 0 Å². The summed E-state index contributed by atoms with van der Waals surface area (Å²) in [6.07, 6.45) is 12.0. The van der Waals surface area contributed by atoms with Crippen LogP contribution < -0.4 is 0 Å². The Morgan fingerprint density at radius 1 is 1.35 bits per heavy atom. The Morgan fingerprint density at radius 3 is 2.53 bits per heavy atom. The summed E-state index contributed by atoms with van der Waals surface area (Å²) in [6, 6.07) is 0. The summed E-state index contributed by atoms with van der Waals surface area (Å²) < 4.78 is 0.